The van der Waals surface area contributed by atoms with Crippen LogP contribution in [0.4, 0.5) is 9.18 Å². The van der Waals surface area contributed by atoms with Crippen LogP contribution in [0.25, 0.3) is 0 Å². The summed E-state index contributed by atoms with van der Waals surface area (Å²) >= 11 is 11.2. The molecule has 0 radical (unpaired) electrons. The van der Waals surface area contributed by atoms with Gasteiger partial charge in [-0.3, -0.25) is 10.1 Å². The van der Waals surface area contributed by atoms with Gasteiger partial charge >= 0.3 is 12.0 Å². The van der Waals surface area contributed by atoms with Gasteiger partial charge in [0.15, 0.2) is 6.61 Å². The van der Waals surface area contributed by atoms with E-state index in [0.29, 0.717) is 13.0 Å². The Bertz CT molecular complexity index is 596. The highest BCUT2D eigenvalue weighted by atomic mass is 35.5. The van der Waals surface area contributed by atoms with Gasteiger partial charge in [0.1, 0.15) is 5.82 Å². The molecule has 0 unspecified atom stereocenters. The van der Waals surface area contributed by atoms with Crippen LogP contribution >= 0.6 is 23.2 Å². The summed E-state index contributed by atoms with van der Waals surface area (Å²) in [5.41, 5.74) is -0.271. The molecule has 22 heavy (non-hydrogen) atoms. The number of benzene rings is 1. The van der Waals surface area contributed by atoms with E-state index in [2.05, 4.69) is 10.1 Å². The number of halogens is 3. The quantitative estimate of drug-likeness (QED) is 0.631. The van der Waals surface area contributed by atoms with Crippen LogP contribution in [0.5, 0.6) is 0 Å². The Morgan fingerprint density at radius 1 is 1.23 bits per heavy atom. The molecule has 0 aromatic heterocycles. The minimum Gasteiger partial charge on any atom is -0.452 e. The lowest BCUT2D eigenvalue weighted by Gasteiger charge is -2.08. The predicted octanol–water partition coefficient (Wildman–Crippen LogP) is 2.53. The molecule has 3 amide bonds. The Balaban J connectivity index is 2.54. The number of ether oxygens (including phenoxy) is 1. The van der Waals surface area contributed by atoms with Crippen LogP contribution in [0, 0.1) is 5.82 Å². The molecule has 0 spiro atoms. The molecule has 6 nitrogen and oxygen atoms in total. The Labute approximate surface area is 135 Å². The minimum atomic E-state index is -1.01. The van der Waals surface area contributed by atoms with Gasteiger partial charge in [0.2, 0.25) is 0 Å². The fourth-order valence-corrected chi connectivity index (χ4v) is 1.79. The van der Waals surface area contributed by atoms with Crippen LogP contribution < -0.4 is 10.6 Å². The van der Waals surface area contributed by atoms with E-state index in [9.17, 15) is 18.8 Å². The van der Waals surface area contributed by atoms with E-state index in [1.807, 2.05) is 12.2 Å². The molecule has 1 aromatic rings. The molecule has 0 saturated carbocycles. The van der Waals surface area contributed by atoms with Gasteiger partial charge in [-0.25, -0.2) is 14.0 Å². The summed E-state index contributed by atoms with van der Waals surface area (Å²) in [4.78, 5) is 34.3. The normalized spacial score (nSPS) is 10.0. The zero-order valence-electron chi connectivity index (χ0n) is 11.5. The SMILES string of the molecule is CCCNC(=O)NC(=O)COC(=O)c1cc(F)c(Cl)cc1Cl. The van der Waals surface area contributed by atoms with E-state index in [0.717, 1.165) is 12.1 Å². The fourth-order valence-electron chi connectivity index (χ4n) is 1.33. The van der Waals surface area contributed by atoms with E-state index in [1.54, 1.807) is 0 Å². The average Bonchev–Trinajstić information content (AvgIpc) is 2.46. The highest BCUT2D eigenvalue weighted by Crippen LogP contribution is 2.24. The van der Waals surface area contributed by atoms with Gasteiger partial charge in [-0.1, -0.05) is 30.1 Å². The monoisotopic (exact) mass is 350 g/mol. The van der Waals surface area contributed by atoms with Crippen LogP contribution in [0.3, 0.4) is 0 Å². The average molecular weight is 351 g/mol. The zero-order chi connectivity index (χ0) is 16.7. The van der Waals surface area contributed by atoms with Gasteiger partial charge in [-0.05, 0) is 18.6 Å². The van der Waals surface area contributed by atoms with Crippen molar-refractivity contribution in [2.24, 2.45) is 0 Å². The van der Waals surface area contributed by atoms with Crippen LogP contribution in [0.2, 0.25) is 10.0 Å². The fraction of sp³-hybridized carbons (Fsp3) is 0.308. The van der Waals surface area contributed by atoms with Crippen molar-refractivity contribution in [1.29, 1.82) is 0 Å². The lowest BCUT2D eigenvalue weighted by Crippen LogP contribution is -2.41. The van der Waals surface area contributed by atoms with Crippen LogP contribution in [0.15, 0.2) is 12.1 Å². The first-order chi connectivity index (χ1) is 10.3. The largest absolute Gasteiger partial charge is 0.452 e. The molecule has 1 rings (SSSR count). The lowest BCUT2D eigenvalue weighted by atomic mass is 10.2. The second-order valence-electron chi connectivity index (χ2n) is 4.13. The van der Waals surface area contributed by atoms with Crippen molar-refractivity contribution in [1.82, 2.24) is 10.6 Å². The number of imide groups is 1. The molecule has 0 atom stereocenters. The first kappa shape index (κ1) is 18.2. The Morgan fingerprint density at radius 2 is 1.91 bits per heavy atom. The molecular formula is C13H13Cl2FN2O4. The summed E-state index contributed by atoms with van der Waals surface area (Å²) < 4.78 is 17.9. The Kier molecular flexibility index (Phi) is 7.07. The Hall–Kier alpha value is -1.86. The van der Waals surface area contributed by atoms with E-state index < -0.39 is 30.3 Å². The minimum absolute atomic E-state index is 0.113. The molecule has 2 N–H and O–H groups in total. The highest BCUT2D eigenvalue weighted by molar-refractivity contribution is 6.36. The summed E-state index contributed by atoms with van der Waals surface area (Å²) in [5.74, 6) is -2.68. The molecule has 0 aliphatic rings. The van der Waals surface area contributed by atoms with Gasteiger partial charge in [-0.2, -0.15) is 0 Å². The molecule has 1 aromatic carbocycles. The third-order valence-corrected chi connectivity index (χ3v) is 2.96. The van der Waals surface area contributed by atoms with Gasteiger partial charge in [-0.15, -0.1) is 0 Å². The highest BCUT2D eigenvalue weighted by Gasteiger charge is 2.17. The molecule has 0 heterocycles. The van der Waals surface area contributed by atoms with Crippen molar-refractivity contribution >= 4 is 41.1 Å². The predicted molar refractivity (Wildman–Crippen MR) is 78.5 cm³/mol. The maximum absolute atomic E-state index is 13.3. The zero-order valence-corrected chi connectivity index (χ0v) is 13.1. The molecular weight excluding hydrogens is 338 g/mol. The maximum atomic E-state index is 13.3. The van der Waals surface area contributed by atoms with Crippen LogP contribution in [0.1, 0.15) is 23.7 Å². The van der Waals surface area contributed by atoms with Gasteiger partial charge in [0.05, 0.1) is 15.6 Å². The number of urea groups is 1. The topological polar surface area (TPSA) is 84.5 Å². The first-order valence-electron chi connectivity index (χ1n) is 6.24. The van der Waals surface area contributed by atoms with Crippen molar-refractivity contribution in [3.05, 3.63) is 33.6 Å². The van der Waals surface area contributed by atoms with Crippen molar-refractivity contribution in [3.8, 4) is 0 Å². The second kappa shape index (κ2) is 8.55. The standard InChI is InChI=1S/C13H13Cl2FN2O4/c1-2-3-17-13(21)18-11(19)6-22-12(20)7-4-10(16)9(15)5-8(7)14/h4-5H,2-3,6H2,1H3,(H2,17,18,19,21). The van der Waals surface area contributed by atoms with E-state index in [4.69, 9.17) is 23.2 Å². The van der Waals surface area contributed by atoms with Crippen LogP contribution in [-0.4, -0.2) is 31.1 Å². The van der Waals surface area contributed by atoms with Crippen molar-refractivity contribution in [3.63, 3.8) is 0 Å². The van der Waals surface area contributed by atoms with E-state index in [1.165, 1.54) is 0 Å². The summed E-state index contributed by atoms with van der Waals surface area (Å²) in [6.45, 7) is 1.54. The van der Waals surface area contributed by atoms with Gasteiger partial charge in [0, 0.05) is 6.54 Å². The molecule has 120 valence electrons. The number of hydrogen-bond acceptors (Lipinski definition) is 4. The number of hydrogen-bond donors (Lipinski definition) is 2. The summed E-state index contributed by atoms with van der Waals surface area (Å²) in [7, 11) is 0. The molecule has 0 aliphatic carbocycles. The number of amides is 3. The molecule has 0 fully saturated rings. The smallest absolute Gasteiger partial charge is 0.340 e. The third-order valence-electron chi connectivity index (χ3n) is 2.35. The van der Waals surface area contributed by atoms with Crippen LogP contribution in [-0.2, 0) is 9.53 Å². The summed E-state index contributed by atoms with van der Waals surface area (Å²) in [6.07, 6.45) is 0.706. The van der Waals surface area contributed by atoms with Crippen molar-refractivity contribution < 1.29 is 23.5 Å². The van der Waals surface area contributed by atoms with Gasteiger partial charge < -0.3 is 10.1 Å². The first-order valence-corrected chi connectivity index (χ1v) is 7.00. The summed E-state index contributed by atoms with van der Waals surface area (Å²) in [6, 6.07) is 1.16. The van der Waals surface area contributed by atoms with Crippen molar-refractivity contribution in [2.75, 3.05) is 13.2 Å². The number of nitrogens with one attached hydrogen (secondary N) is 2. The maximum Gasteiger partial charge on any atom is 0.340 e. The van der Waals surface area contributed by atoms with E-state index >= 15 is 0 Å². The van der Waals surface area contributed by atoms with Gasteiger partial charge in [0.25, 0.3) is 5.91 Å². The number of rotatable bonds is 5. The number of carbonyl (C=O) groups is 3. The van der Waals surface area contributed by atoms with E-state index in [-0.39, 0.29) is 15.6 Å². The molecule has 9 heteroatoms. The second-order valence-corrected chi connectivity index (χ2v) is 4.94. The number of esters is 1. The number of carbonyl (C=O) groups excluding carboxylic acids is 3. The molecule has 0 bridgehead atoms. The molecule has 0 saturated heterocycles. The summed E-state index contributed by atoms with van der Waals surface area (Å²) in [5, 5.41) is 4.01. The van der Waals surface area contributed by atoms with Crippen molar-refractivity contribution in [2.45, 2.75) is 13.3 Å². The lowest BCUT2D eigenvalue weighted by molar-refractivity contribution is -0.123. The third kappa shape index (κ3) is 5.50. The Morgan fingerprint density at radius 3 is 2.55 bits per heavy atom. The molecule has 0 aliphatic heterocycles.